The maximum Gasteiger partial charge on any atom is 0.187 e. The van der Waals surface area contributed by atoms with Crippen LogP contribution in [0.3, 0.4) is 0 Å². The molecule has 266 valence electrons. The lowest BCUT2D eigenvalue weighted by molar-refractivity contribution is -0.389. The van der Waals surface area contributed by atoms with Gasteiger partial charge in [0.25, 0.3) is 0 Å². The molecule has 45 heavy (non-hydrogen) atoms. The number of aliphatic hydroxyl groups excluding tert-OH is 9. The van der Waals surface area contributed by atoms with Crippen LogP contribution in [0, 0.1) is 0 Å². The van der Waals surface area contributed by atoms with Gasteiger partial charge in [-0.2, -0.15) is 0 Å². The van der Waals surface area contributed by atoms with Crippen molar-refractivity contribution in [2.45, 2.75) is 144 Å². The van der Waals surface area contributed by atoms with E-state index in [2.05, 4.69) is 0 Å². The monoisotopic (exact) mass is 659 g/mol. The lowest BCUT2D eigenvalue weighted by Gasteiger charge is -2.51. The van der Waals surface area contributed by atoms with E-state index in [0.717, 1.165) is 0 Å². The van der Waals surface area contributed by atoms with Gasteiger partial charge in [-0.15, -0.1) is 0 Å². The molecule has 0 saturated carbocycles. The number of hydrogen-bond acceptors (Lipinski definition) is 17. The molecule has 0 aromatic rings. The summed E-state index contributed by atoms with van der Waals surface area (Å²) in [6.07, 6.45) is -22.4. The lowest BCUT2D eigenvalue weighted by atomic mass is 9.84. The summed E-state index contributed by atoms with van der Waals surface area (Å²) >= 11 is 0. The molecule has 0 aromatic carbocycles. The molecule has 3 rings (SSSR count). The van der Waals surface area contributed by atoms with Gasteiger partial charge in [-0.3, -0.25) is 0 Å². The van der Waals surface area contributed by atoms with E-state index in [-0.39, 0.29) is 13.2 Å². The molecule has 0 amide bonds. The first-order valence-corrected chi connectivity index (χ1v) is 15.5. The second-order valence-corrected chi connectivity index (χ2v) is 12.0. The summed E-state index contributed by atoms with van der Waals surface area (Å²) in [6.45, 7) is 5.16. The van der Waals surface area contributed by atoms with Gasteiger partial charge in [-0.1, -0.05) is 13.8 Å². The highest BCUT2D eigenvalue weighted by Gasteiger charge is 2.57. The van der Waals surface area contributed by atoms with Crippen LogP contribution in [0.25, 0.3) is 0 Å². The molecule has 11 N–H and O–H groups in total. The minimum absolute atomic E-state index is 0.0944. The molecule has 17 heteroatoms. The minimum Gasteiger partial charge on any atom is -0.394 e. The van der Waals surface area contributed by atoms with Crippen molar-refractivity contribution in [3.63, 3.8) is 0 Å². The number of hydrogen-bond donors (Lipinski definition) is 10. The zero-order valence-electron chi connectivity index (χ0n) is 26.1. The summed E-state index contributed by atoms with van der Waals surface area (Å²) in [7, 11) is 0. The largest absolute Gasteiger partial charge is 0.394 e. The highest BCUT2D eigenvalue weighted by Crippen LogP contribution is 2.38. The van der Waals surface area contributed by atoms with Gasteiger partial charge in [0.1, 0.15) is 79.4 Å². The van der Waals surface area contributed by atoms with E-state index in [4.69, 9.17) is 38.9 Å². The van der Waals surface area contributed by atoms with Crippen LogP contribution in [0.5, 0.6) is 0 Å². The van der Waals surface area contributed by atoms with E-state index >= 15 is 0 Å². The van der Waals surface area contributed by atoms with Crippen molar-refractivity contribution < 1.29 is 79.1 Å². The summed E-state index contributed by atoms with van der Waals surface area (Å²) < 4.78 is 41.2. The first-order chi connectivity index (χ1) is 21.3. The highest BCUT2D eigenvalue weighted by atomic mass is 16.8. The molecule has 3 saturated heterocycles. The molecule has 11 unspecified atom stereocenters. The Balaban J connectivity index is 1.97. The summed E-state index contributed by atoms with van der Waals surface area (Å²) in [5.74, 6) is 0. The Hall–Kier alpha value is -0.680. The van der Waals surface area contributed by atoms with E-state index in [0.29, 0.717) is 12.8 Å². The molecule has 17 nitrogen and oxygen atoms in total. The predicted octanol–water partition coefficient (Wildman–Crippen LogP) is -4.56. The van der Waals surface area contributed by atoms with Crippen LogP contribution in [-0.4, -0.2) is 183 Å². The van der Waals surface area contributed by atoms with E-state index in [9.17, 15) is 46.0 Å². The van der Waals surface area contributed by atoms with Crippen LogP contribution in [-0.2, 0) is 33.2 Å². The van der Waals surface area contributed by atoms with E-state index < -0.39 is 123 Å². The molecule has 3 heterocycles. The van der Waals surface area contributed by atoms with Gasteiger partial charge >= 0.3 is 0 Å². The Morgan fingerprint density at radius 1 is 0.689 bits per heavy atom. The Kier molecular flexibility index (Phi) is 14.7. The van der Waals surface area contributed by atoms with Gasteiger partial charge < -0.3 is 84.9 Å². The minimum atomic E-state index is -1.83. The molecule has 0 aromatic heterocycles. The quantitative estimate of drug-likeness (QED) is 0.0792. The summed E-state index contributed by atoms with van der Waals surface area (Å²) in [5, 5.41) is 95.1. The average molecular weight is 660 g/mol. The van der Waals surface area contributed by atoms with Crippen molar-refractivity contribution in [3.8, 4) is 0 Å². The van der Waals surface area contributed by atoms with E-state index in [1.807, 2.05) is 6.92 Å². The van der Waals surface area contributed by atoms with Crippen LogP contribution in [0.4, 0.5) is 0 Å². The van der Waals surface area contributed by atoms with Crippen molar-refractivity contribution in [1.29, 1.82) is 0 Å². The molecular weight excluding hydrogens is 606 g/mol. The first kappa shape index (κ1) is 38.8. The van der Waals surface area contributed by atoms with E-state index in [1.54, 1.807) is 20.8 Å². The zero-order valence-corrected chi connectivity index (χ0v) is 26.1. The standard InChI is InChI=1S/C28H53NO16/c1-5-12(3)40-22-18(35)15(11-32)42-26(21(22)38)45-24-20(37)17(34)14(10-31)43-27(24)44-23-19(36)16(33)13(9-30)41-25(23)28(4,6-2)39-8-7-29/h12-27,30-38H,5-11,29H2,1-4H3/t12?,13?,14?,15?,16-,17-,18-,19?,20?,21?,22?,23?,24?,25+,26+,27-,28?/m1/s1. The molecule has 3 fully saturated rings. The molecule has 0 bridgehead atoms. The molecule has 3 aliphatic heterocycles. The fraction of sp³-hybridized carbons (Fsp3) is 1.00. The maximum absolute atomic E-state index is 11.2. The number of aliphatic hydroxyl groups is 9. The second kappa shape index (κ2) is 17.1. The van der Waals surface area contributed by atoms with Crippen molar-refractivity contribution in [3.05, 3.63) is 0 Å². The smallest absolute Gasteiger partial charge is 0.187 e. The fourth-order valence-corrected chi connectivity index (χ4v) is 5.72. The zero-order chi connectivity index (χ0) is 33.6. The molecule has 3 aliphatic rings. The van der Waals surface area contributed by atoms with Gasteiger partial charge in [0.2, 0.25) is 0 Å². The van der Waals surface area contributed by atoms with Gasteiger partial charge in [0, 0.05) is 6.54 Å². The Morgan fingerprint density at radius 3 is 1.73 bits per heavy atom. The lowest BCUT2D eigenvalue weighted by Crippen LogP contribution is -2.69. The van der Waals surface area contributed by atoms with Crippen LogP contribution in [0.1, 0.15) is 40.5 Å². The summed E-state index contributed by atoms with van der Waals surface area (Å²) in [4.78, 5) is 0. The first-order valence-electron chi connectivity index (χ1n) is 15.5. The SMILES string of the molecule is CCC(C)OC1C(O)[C@H](OC2C(O)[C@H](O)C(CO)O[C@@H]2OC2C(O)[C@H](O)C(CO)O[C@@H]2C(C)(CC)OCCN)OC(CO)[C@H]1O. The third kappa shape index (κ3) is 8.49. The molecule has 0 aliphatic carbocycles. The van der Waals surface area contributed by atoms with Crippen molar-refractivity contribution in [2.75, 3.05) is 33.0 Å². The fourth-order valence-electron chi connectivity index (χ4n) is 5.72. The van der Waals surface area contributed by atoms with Crippen molar-refractivity contribution >= 4 is 0 Å². The second-order valence-electron chi connectivity index (χ2n) is 12.0. The van der Waals surface area contributed by atoms with Crippen molar-refractivity contribution in [1.82, 2.24) is 0 Å². The van der Waals surface area contributed by atoms with Crippen molar-refractivity contribution in [2.24, 2.45) is 5.73 Å². The van der Waals surface area contributed by atoms with Gasteiger partial charge in [0.15, 0.2) is 12.6 Å². The maximum atomic E-state index is 11.2. The number of nitrogens with two attached hydrogens (primary N) is 1. The Bertz CT molecular complexity index is 876. The molecule has 0 spiro atoms. The van der Waals surface area contributed by atoms with Crippen LogP contribution >= 0.6 is 0 Å². The van der Waals surface area contributed by atoms with E-state index in [1.165, 1.54) is 0 Å². The normalized spacial score (nSPS) is 44.8. The van der Waals surface area contributed by atoms with Crippen LogP contribution in [0.2, 0.25) is 0 Å². The highest BCUT2D eigenvalue weighted by molar-refractivity contribution is 5.02. The predicted molar refractivity (Wildman–Crippen MR) is 151 cm³/mol. The summed E-state index contributed by atoms with van der Waals surface area (Å²) in [5.41, 5.74) is 4.46. The Morgan fingerprint density at radius 2 is 1.20 bits per heavy atom. The van der Waals surface area contributed by atoms with Crippen LogP contribution < -0.4 is 5.73 Å². The molecular formula is C28H53NO16. The topological polar surface area (TPSA) is 273 Å². The number of rotatable bonds is 15. The Labute approximate surface area is 262 Å². The molecule has 0 radical (unpaired) electrons. The number of ether oxygens (including phenoxy) is 7. The van der Waals surface area contributed by atoms with Gasteiger partial charge in [0.05, 0.1) is 38.1 Å². The third-order valence-electron chi connectivity index (χ3n) is 8.91. The average Bonchev–Trinajstić information content (AvgIpc) is 3.04. The van der Waals surface area contributed by atoms with Gasteiger partial charge in [-0.25, -0.2) is 0 Å². The third-order valence-corrected chi connectivity index (χ3v) is 8.91. The molecule has 17 atom stereocenters. The summed E-state index contributed by atoms with van der Waals surface area (Å²) in [6, 6.07) is 0. The van der Waals surface area contributed by atoms with Gasteiger partial charge in [-0.05, 0) is 26.7 Å². The van der Waals surface area contributed by atoms with Crippen LogP contribution in [0.15, 0.2) is 0 Å².